The van der Waals surface area contributed by atoms with Crippen molar-refractivity contribution in [1.82, 2.24) is 0 Å². The summed E-state index contributed by atoms with van der Waals surface area (Å²) in [6.45, 7) is -0.406. The van der Waals surface area contributed by atoms with E-state index >= 15 is 0 Å². The number of benzene rings is 2. The molecule has 0 bridgehead atoms. The topological polar surface area (TPSA) is 190 Å². The van der Waals surface area contributed by atoms with Crippen molar-refractivity contribution in [3.05, 3.63) is 58.1 Å². The second-order valence-corrected chi connectivity index (χ2v) is 7.33. The Morgan fingerprint density at radius 2 is 1.64 bits per heavy atom. The highest BCUT2D eigenvalue weighted by Gasteiger charge is 2.39. The van der Waals surface area contributed by atoms with Crippen molar-refractivity contribution in [2.45, 2.75) is 24.9 Å². The standard InChI is InChI=1S/C22H20O11/c23-6-5-13-16(27)18(29)19(30)22(32-13)33-21-17(28)15-12(26)7-11(25)8-14(15)31-20(21)9-1-3-10(24)4-2-9/h1-4,7-8,13,16,22-27,29-30H,5-6H2. The first-order chi connectivity index (χ1) is 15.7. The van der Waals surface area contributed by atoms with Crippen molar-refractivity contribution in [2.24, 2.45) is 0 Å². The van der Waals surface area contributed by atoms with Gasteiger partial charge in [0, 0.05) is 24.3 Å². The lowest BCUT2D eigenvalue weighted by atomic mass is 10.1. The summed E-state index contributed by atoms with van der Waals surface area (Å²) in [6.07, 6.45) is -4.67. The molecule has 0 saturated heterocycles. The van der Waals surface area contributed by atoms with Gasteiger partial charge in [0.1, 0.15) is 34.3 Å². The van der Waals surface area contributed by atoms with E-state index in [1.165, 1.54) is 24.3 Å². The highest BCUT2D eigenvalue weighted by molar-refractivity contribution is 5.88. The molecule has 3 aromatic rings. The Bertz CT molecular complexity index is 1280. The molecular weight excluding hydrogens is 440 g/mol. The van der Waals surface area contributed by atoms with Crippen molar-refractivity contribution in [3.8, 4) is 34.3 Å². The summed E-state index contributed by atoms with van der Waals surface area (Å²) in [5.74, 6) is -3.51. The molecular formula is C22H20O11. The normalized spacial score (nSPS) is 20.8. The lowest BCUT2D eigenvalue weighted by molar-refractivity contribution is -0.171. The SMILES string of the molecule is O=c1c(OC2OC(CCO)C(O)C(O)=C2O)c(-c2ccc(O)cc2)oc2cc(O)cc(O)c12. The Morgan fingerprint density at radius 1 is 0.939 bits per heavy atom. The Kier molecular flexibility index (Phi) is 5.77. The van der Waals surface area contributed by atoms with Crippen molar-refractivity contribution < 1.29 is 49.6 Å². The molecule has 0 fully saturated rings. The van der Waals surface area contributed by atoms with E-state index in [0.29, 0.717) is 0 Å². The summed E-state index contributed by atoms with van der Waals surface area (Å²) in [5, 5.41) is 68.7. The lowest BCUT2D eigenvalue weighted by Crippen LogP contribution is -2.44. The third-order valence-electron chi connectivity index (χ3n) is 5.10. The fourth-order valence-corrected chi connectivity index (χ4v) is 3.47. The van der Waals surface area contributed by atoms with E-state index < -0.39 is 53.6 Å². The van der Waals surface area contributed by atoms with Gasteiger partial charge in [0.05, 0.1) is 6.10 Å². The second-order valence-electron chi connectivity index (χ2n) is 7.33. The Hall–Kier alpha value is -3.93. The van der Waals surface area contributed by atoms with Crippen LogP contribution in [0, 0.1) is 0 Å². The van der Waals surface area contributed by atoms with Gasteiger partial charge < -0.3 is 49.6 Å². The molecule has 0 amide bonds. The van der Waals surface area contributed by atoms with Crippen LogP contribution in [0.2, 0.25) is 0 Å². The van der Waals surface area contributed by atoms with Crippen LogP contribution < -0.4 is 10.2 Å². The average molecular weight is 460 g/mol. The molecule has 2 heterocycles. The number of fused-ring (bicyclic) bond motifs is 1. The monoisotopic (exact) mass is 460 g/mol. The molecule has 0 spiro atoms. The van der Waals surface area contributed by atoms with Crippen molar-refractivity contribution in [1.29, 1.82) is 0 Å². The zero-order valence-electron chi connectivity index (χ0n) is 16.9. The van der Waals surface area contributed by atoms with Crippen LogP contribution >= 0.6 is 0 Å². The van der Waals surface area contributed by atoms with Gasteiger partial charge in [-0.25, -0.2) is 0 Å². The quantitative estimate of drug-likeness (QED) is 0.293. The van der Waals surface area contributed by atoms with Crippen LogP contribution in [-0.4, -0.2) is 60.9 Å². The van der Waals surface area contributed by atoms with Crippen molar-refractivity contribution >= 4 is 11.0 Å². The van der Waals surface area contributed by atoms with Crippen LogP contribution in [-0.2, 0) is 4.74 Å². The summed E-state index contributed by atoms with van der Waals surface area (Å²) in [5.41, 5.74) is -0.814. The number of aliphatic hydroxyl groups excluding tert-OH is 4. The van der Waals surface area contributed by atoms with E-state index in [4.69, 9.17) is 19.0 Å². The first-order valence-corrected chi connectivity index (χ1v) is 9.76. The molecule has 11 heteroatoms. The van der Waals surface area contributed by atoms with E-state index in [2.05, 4.69) is 0 Å². The molecule has 0 radical (unpaired) electrons. The summed E-state index contributed by atoms with van der Waals surface area (Å²) in [4.78, 5) is 13.3. The van der Waals surface area contributed by atoms with Crippen LogP contribution in [0.3, 0.4) is 0 Å². The Labute approximate surface area is 185 Å². The molecule has 4 rings (SSSR count). The number of rotatable bonds is 5. The predicted octanol–water partition coefficient (Wildman–Crippen LogP) is 1.75. The van der Waals surface area contributed by atoms with Crippen molar-refractivity contribution in [3.63, 3.8) is 0 Å². The van der Waals surface area contributed by atoms with Gasteiger partial charge in [-0.05, 0) is 30.7 Å². The third kappa shape index (κ3) is 4.00. The maximum atomic E-state index is 13.3. The van der Waals surface area contributed by atoms with E-state index in [1.54, 1.807) is 0 Å². The predicted molar refractivity (Wildman–Crippen MR) is 112 cm³/mol. The maximum Gasteiger partial charge on any atom is 0.262 e. The van der Waals surface area contributed by atoms with E-state index in [0.717, 1.165) is 12.1 Å². The minimum absolute atomic E-state index is 0.0680. The fourth-order valence-electron chi connectivity index (χ4n) is 3.47. The van der Waals surface area contributed by atoms with E-state index in [-0.39, 0.29) is 40.2 Å². The van der Waals surface area contributed by atoms with Gasteiger partial charge in [0.25, 0.3) is 6.29 Å². The molecule has 3 unspecified atom stereocenters. The third-order valence-corrected chi connectivity index (χ3v) is 5.10. The van der Waals surface area contributed by atoms with Gasteiger partial charge in [0.15, 0.2) is 11.5 Å². The van der Waals surface area contributed by atoms with Gasteiger partial charge in [0.2, 0.25) is 16.9 Å². The van der Waals surface area contributed by atoms with Gasteiger partial charge in [-0.15, -0.1) is 0 Å². The molecule has 1 aliphatic rings. The average Bonchev–Trinajstić information content (AvgIpc) is 2.77. The molecule has 2 aromatic carbocycles. The van der Waals surface area contributed by atoms with Gasteiger partial charge in [-0.3, -0.25) is 4.79 Å². The van der Waals surface area contributed by atoms with Crippen LogP contribution in [0.4, 0.5) is 0 Å². The molecule has 1 aromatic heterocycles. The van der Waals surface area contributed by atoms with Gasteiger partial charge in [-0.2, -0.15) is 0 Å². The molecule has 0 saturated carbocycles. The number of hydrogen-bond acceptors (Lipinski definition) is 11. The van der Waals surface area contributed by atoms with Crippen LogP contribution in [0.5, 0.6) is 23.0 Å². The van der Waals surface area contributed by atoms with Gasteiger partial charge in [-0.1, -0.05) is 0 Å². The maximum absolute atomic E-state index is 13.3. The first kappa shape index (κ1) is 22.3. The minimum Gasteiger partial charge on any atom is -0.508 e. The molecule has 0 aliphatic carbocycles. The summed E-state index contributed by atoms with van der Waals surface area (Å²) >= 11 is 0. The summed E-state index contributed by atoms with van der Waals surface area (Å²) in [6, 6.07) is 7.48. The number of aliphatic hydroxyl groups is 4. The lowest BCUT2D eigenvalue weighted by Gasteiger charge is -2.32. The first-order valence-electron chi connectivity index (χ1n) is 9.76. The Morgan fingerprint density at radius 3 is 2.30 bits per heavy atom. The number of phenolic OH excluding ortho intramolecular Hbond substituents is 3. The zero-order valence-corrected chi connectivity index (χ0v) is 16.9. The highest BCUT2D eigenvalue weighted by Crippen LogP contribution is 2.37. The Balaban J connectivity index is 1.90. The van der Waals surface area contributed by atoms with E-state index in [9.17, 15) is 35.4 Å². The fraction of sp³-hybridized carbons (Fsp3) is 0.227. The van der Waals surface area contributed by atoms with Crippen LogP contribution in [0.1, 0.15) is 6.42 Å². The highest BCUT2D eigenvalue weighted by atomic mass is 16.7. The molecule has 174 valence electrons. The van der Waals surface area contributed by atoms with Crippen molar-refractivity contribution in [2.75, 3.05) is 6.61 Å². The molecule has 7 N–H and O–H groups in total. The second kappa shape index (κ2) is 8.54. The van der Waals surface area contributed by atoms with E-state index in [1.807, 2.05) is 0 Å². The number of aromatic hydroxyl groups is 3. The zero-order chi connectivity index (χ0) is 23.9. The van der Waals surface area contributed by atoms with Crippen LogP contribution in [0.25, 0.3) is 22.3 Å². The molecule has 11 nitrogen and oxygen atoms in total. The largest absolute Gasteiger partial charge is 0.508 e. The molecule has 33 heavy (non-hydrogen) atoms. The molecule has 1 aliphatic heterocycles. The number of ether oxygens (including phenoxy) is 2. The molecule has 3 atom stereocenters. The summed E-state index contributed by atoms with van der Waals surface area (Å²) in [7, 11) is 0. The number of phenols is 3. The minimum atomic E-state index is -1.76. The number of hydrogen-bond donors (Lipinski definition) is 7. The van der Waals surface area contributed by atoms with Crippen LogP contribution in [0.15, 0.2) is 57.1 Å². The van der Waals surface area contributed by atoms with Gasteiger partial charge >= 0.3 is 0 Å². The summed E-state index contributed by atoms with van der Waals surface area (Å²) < 4.78 is 16.7. The smallest absolute Gasteiger partial charge is 0.262 e.